The van der Waals surface area contributed by atoms with Crippen LogP contribution in [-0.4, -0.2) is 30.1 Å². The molecular formula is C16H17N3O6S. The Morgan fingerprint density at radius 3 is 2.38 bits per heavy atom. The zero-order chi connectivity index (χ0) is 19.3. The lowest BCUT2D eigenvalue weighted by molar-refractivity contribution is -0.384. The minimum Gasteiger partial charge on any atom is -0.315 e. The Hall–Kier alpha value is -3.01. The molecule has 1 N–H and O–H groups in total. The number of nitrogens with one attached hydrogen (secondary N) is 1. The van der Waals surface area contributed by atoms with Crippen LogP contribution < -0.4 is 10.3 Å². The van der Waals surface area contributed by atoms with E-state index in [9.17, 15) is 28.1 Å². The maximum Gasteiger partial charge on any atom is 0.269 e. The third-order valence-corrected chi connectivity index (χ3v) is 4.11. The number of nitro groups is 1. The number of pyridine rings is 1. The summed E-state index contributed by atoms with van der Waals surface area (Å²) in [6, 6.07) is 8.94. The molecule has 0 radical (unpaired) electrons. The molecule has 1 aromatic heterocycles. The number of rotatable bonds is 7. The molecule has 0 unspecified atom stereocenters. The topological polar surface area (TPSA) is 128 Å². The molecule has 138 valence electrons. The molecule has 0 aliphatic carbocycles. The van der Waals surface area contributed by atoms with Crippen molar-refractivity contribution in [2.24, 2.45) is 0 Å². The molecule has 10 heteroatoms. The van der Waals surface area contributed by atoms with E-state index in [1.54, 1.807) is 24.4 Å². The standard InChI is InChI=1S/C16H17N3O6S/c1-26(24,25)17-15(20)3-2-9-18-10-8-13(11-16(18)21)12-4-6-14(7-5-12)19(22)23/h4-8,10-11H,2-3,9H2,1H3,(H,17,20). The second-order valence-corrected chi connectivity index (χ2v) is 7.40. The number of hydrogen-bond donors (Lipinski definition) is 1. The van der Waals surface area contributed by atoms with E-state index in [0.717, 1.165) is 6.26 Å². The zero-order valence-electron chi connectivity index (χ0n) is 13.9. The summed E-state index contributed by atoms with van der Waals surface area (Å²) in [4.78, 5) is 33.7. The SMILES string of the molecule is CS(=O)(=O)NC(=O)CCCn1ccc(-c2ccc([N+](=O)[O-])cc2)cc1=O. The lowest BCUT2D eigenvalue weighted by Gasteiger charge is -2.07. The highest BCUT2D eigenvalue weighted by Gasteiger charge is 2.09. The van der Waals surface area contributed by atoms with Crippen molar-refractivity contribution >= 4 is 21.6 Å². The first kappa shape index (κ1) is 19.3. The lowest BCUT2D eigenvalue weighted by Crippen LogP contribution is -2.29. The van der Waals surface area contributed by atoms with Crippen LogP contribution >= 0.6 is 0 Å². The van der Waals surface area contributed by atoms with Gasteiger partial charge in [-0.25, -0.2) is 8.42 Å². The molecule has 1 aromatic carbocycles. The third-order valence-electron chi connectivity index (χ3n) is 3.51. The third kappa shape index (κ3) is 5.52. The average molecular weight is 379 g/mol. The Bertz CT molecular complexity index is 980. The molecule has 1 amide bonds. The van der Waals surface area contributed by atoms with Crippen molar-refractivity contribution in [3.05, 3.63) is 63.1 Å². The van der Waals surface area contributed by atoms with Crippen molar-refractivity contribution in [2.75, 3.05) is 6.26 Å². The van der Waals surface area contributed by atoms with Gasteiger partial charge in [-0.1, -0.05) is 0 Å². The number of aromatic nitrogens is 1. The van der Waals surface area contributed by atoms with E-state index < -0.39 is 20.9 Å². The van der Waals surface area contributed by atoms with Crippen LogP contribution in [-0.2, 0) is 21.4 Å². The first-order valence-corrected chi connectivity index (χ1v) is 9.51. The molecule has 2 aromatic rings. The van der Waals surface area contributed by atoms with Gasteiger partial charge >= 0.3 is 0 Å². The quantitative estimate of drug-likeness (QED) is 0.570. The van der Waals surface area contributed by atoms with Gasteiger partial charge in [-0.2, -0.15) is 0 Å². The second kappa shape index (κ2) is 7.91. The van der Waals surface area contributed by atoms with Crippen molar-refractivity contribution in [1.29, 1.82) is 0 Å². The molecule has 0 saturated carbocycles. The molecule has 0 saturated heterocycles. The summed E-state index contributed by atoms with van der Waals surface area (Å²) in [6.45, 7) is 0.260. The van der Waals surface area contributed by atoms with Crippen molar-refractivity contribution in [2.45, 2.75) is 19.4 Å². The fraction of sp³-hybridized carbons (Fsp3) is 0.250. The smallest absolute Gasteiger partial charge is 0.269 e. The molecule has 0 fully saturated rings. The predicted molar refractivity (Wildman–Crippen MR) is 95.0 cm³/mol. The van der Waals surface area contributed by atoms with Gasteiger partial charge in [-0.05, 0) is 35.7 Å². The fourth-order valence-corrected chi connectivity index (χ4v) is 2.83. The molecule has 26 heavy (non-hydrogen) atoms. The number of aryl methyl sites for hydroxylation is 1. The summed E-state index contributed by atoms with van der Waals surface area (Å²) in [5.74, 6) is -0.622. The largest absolute Gasteiger partial charge is 0.315 e. The van der Waals surface area contributed by atoms with Gasteiger partial charge in [0.1, 0.15) is 0 Å². The predicted octanol–water partition coefficient (Wildman–Crippen LogP) is 1.28. The van der Waals surface area contributed by atoms with Gasteiger partial charge in [0.15, 0.2) is 0 Å². The Kier molecular flexibility index (Phi) is 5.88. The summed E-state index contributed by atoms with van der Waals surface area (Å²) in [5.41, 5.74) is 0.974. The van der Waals surface area contributed by atoms with Gasteiger partial charge in [0.25, 0.3) is 11.2 Å². The highest BCUT2D eigenvalue weighted by Crippen LogP contribution is 2.21. The first-order valence-electron chi connectivity index (χ1n) is 7.62. The van der Waals surface area contributed by atoms with Gasteiger partial charge < -0.3 is 4.57 Å². The van der Waals surface area contributed by atoms with Crippen LogP contribution in [0.4, 0.5) is 5.69 Å². The second-order valence-electron chi connectivity index (χ2n) is 5.65. The number of nitro benzene ring substituents is 1. The Morgan fingerprint density at radius 2 is 1.85 bits per heavy atom. The van der Waals surface area contributed by atoms with E-state index in [0.29, 0.717) is 17.5 Å². The van der Waals surface area contributed by atoms with Crippen LogP contribution in [0.3, 0.4) is 0 Å². The minimum atomic E-state index is -3.58. The number of carbonyl (C=O) groups excluding carboxylic acids is 1. The van der Waals surface area contributed by atoms with E-state index >= 15 is 0 Å². The average Bonchev–Trinajstić information content (AvgIpc) is 2.54. The number of nitrogens with zero attached hydrogens (tertiary/aromatic N) is 2. The van der Waals surface area contributed by atoms with E-state index in [2.05, 4.69) is 0 Å². The summed E-state index contributed by atoms with van der Waals surface area (Å²) >= 11 is 0. The van der Waals surface area contributed by atoms with Crippen LogP contribution in [0.2, 0.25) is 0 Å². The monoisotopic (exact) mass is 379 g/mol. The summed E-state index contributed by atoms with van der Waals surface area (Å²) in [7, 11) is -3.58. The zero-order valence-corrected chi connectivity index (χ0v) is 14.7. The van der Waals surface area contributed by atoms with Gasteiger partial charge in [-0.15, -0.1) is 0 Å². The number of hydrogen-bond acceptors (Lipinski definition) is 6. The molecule has 9 nitrogen and oxygen atoms in total. The van der Waals surface area contributed by atoms with Crippen LogP contribution in [0.15, 0.2) is 47.4 Å². The van der Waals surface area contributed by atoms with Crippen molar-refractivity contribution in [3.8, 4) is 11.1 Å². The van der Waals surface area contributed by atoms with E-state index in [1.807, 2.05) is 4.72 Å². The van der Waals surface area contributed by atoms with E-state index in [4.69, 9.17) is 0 Å². The molecule has 0 aliphatic heterocycles. The highest BCUT2D eigenvalue weighted by atomic mass is 32.2. The molecule has 1 heterocycles. The highest BCUT2D eigenvalue weighted by molar-refractivity contribution is 7.89. The summed E-state index contributed by atoms with van der Waals surface area (Å²) in [6.07, 6.45) is 2.74. The summed E-state index contributed by atoms with van der Waals surface area (Å²) < 4.78 is 25.1. The lowest BCUT2D eigenvalue weighted by atomic mass is 10.1. The summed E-state index contributed by atoms with van der Waals surface area (Å²) in [5, 5.41) is 10.7. The van der Waals surface area contributed by atoms with Crippen LogP contribution in [0.25, 0.3) is 11.1 Å². The van der Waals surface area contributed by atoms with Gasteiger partial charge in [0, 0.05) is 37.4 Å². The van der Waals surface area contributed by atoms with Crippen LogP contribution in [0, 0.1) is 10.1 Å². The van der Waals surface area contributed by atoms with E-state index in [-0.39, 0.29) is 24.2 Å². The number of benzene rings is 1. The van der Waals surface area contributed by atoms with Gasteiger partial charge in [0.2, 0.25) is 15.9 Å². The molecule has 0 atom stereocenters. The molecule has 0 aliphatic rings. The first-order chi connectivity index (χ1) is 12.2. The fourth-order valence-electron chi connectivity index (χ4n) is 2.32. The maximum absolute atomic E-state index is 12.2. The number of amides is 1. The van der Waals surface area contributed by atoms with Crippen molar-refractivity contribution in [3.63, 3.8) is 0 Å². The minimum absolute atomic E-state index is 0.0242. The Balaban J connectivity index is 2.02. The van der Waals surface area contributed by atoms with Crippen LogP contribution in [0.5, 0.6) is 0 Å². The van der Waals surface area contributed by atoms with Crippen LogP contribution in [0.1, 0.15) is 12.8 Å². The molecular weight excluding hydrogens is 362 g/mol. The maximum atomic E-state index is 12.2. The normalized spacial score (nSPS) is 11.1. The van der Waals surface area contributed by atoms with Crippen molar-refractivity contribution < 1.29 is 18.1 Å². The number of sulfonamides is 1. The number of carbonyl (C=O) groups is 1. The number of non-ortho nitro benzene ring substituents is 1. The molecule has 2 rings (SSSR count). The molecule has 0 bridgehead atoms. The van der Waals surface area contributed by atoms with E-state index in [1.165, 1.54) is 22.8 Å². The van der Waals surface area contributed by atoms with Gasteiger partial charge in [-0.3, -0.25) is 24.4 Å². The Morgan fingerprint density at radius 1 is 1.19 bits per heavy atom. The Labute approximate surface area is 149 Å². The van der Waals surface area contributed by atoms with Crippen molar-refractivity contribution in [1.82, 2.24) is 9.29 Å². The molecule has 0 spiro atoms. The van der Waals surface area contributed by atoms with Gasteiger partial charge in [0.05, 0.1) is 11.2 Å².